The van der Waals surface area contributed by atoms with E-state index in [1.807, 2.05) is 0 Å². The predicted molar refractivity (Wildman–Crippen MR) is 118 cm³/mol. The summed E-state index contributed by atoms with van der Waals surface area (Å²) in [6, 6.07) is 5.05. The van der Waals surface area contributed by atoms with Crippen molar-refractivity contribution in [1.82, 2.24) is 4.90 Å². The largest absolute Gasteiger partial charge is 0.481 e. The Morgan fingerprint density at radius 3 is 1.77 bits per heavy atom. The summed E-state index contributed by atoms with van der Waals surface area (Å²) in [6.07, 6.45) is 15.0. The molecule has 1 aliphatic heterocycles. The third-order valence-corrected chi connectivity index (χ3v) is 5.80. The zero-order valence-corrected chi connectivity index (χ0v) is 18.0. The molecule has 1 aliphatic rings. The van der Waals surface area contributed by atoms with Crippen LogP contribution in [-0.2, 0) is 4.79 Å². The monoisotopic (exact) mass is 416 g/mol. The molecule has 0 aliphatic carbocycles. The number of rotatable bonds is 16. The smallest absolute Gasteiger partial charge is 0.303 e. The van der Waals surface area contributed by atoms with Gasteiger partial charge in [-0.25, -0.2) is 0 Å². The molecule has 1 aromatic carbocycles. The summed E-state index contributed by atoms with van der Waals surface area (Å²) in [4.78, 5) is 36.6. The van der Waals surface area contributed by atoms with Crippen LogP contribution < -0.4 is 5.73 Å². The molecule has 6 nitrogen and oxygen atoms in total. The Kier molecular flexibility index (Phi) is 10.4. The van der Waals surface area contributed by atoms with Gasteiger partial charge >= 0.3 is 5.97 Å². The molecule has 6 heteroatoms. The first-order valence-electron chi connectivity index (χ1n) is 11.5. The maximum absolute atomic E-state index is 12.4. The van der Waals surface area contributed by atoms with Crippen molar-refractivity contribution in [3.05, 3.63) is 29.3 Å². The van der Waals surface area contributed by atoms with Gasteiger partial charge in [-0.1, -0.05) is 76.7 Å². The summed E-state index contributed by atoms with van der Waals surface area (Å²) < 4.78 is 0. The quantitative estimate of drug-likeness (QED) is 0.213. The van der Waals surface area contributed by atoms with E-state index in [4.69, 9.17) is 10.8 Å². The van der Waals surface area contributed by atoms with E-state index < -0.39 is 5.97 Å². The van der Waals surface area contributed by atoms with Crippen molar-refractivity contribution in [2.24, 2.45) is 0 Å². The molecule has 0 aromatic heterocycles. The molecule has 3 N–H and O–H groups in total. The number of carboxylic acid groups (broad SMARTS) is 1. The Hall–Kier alpha value is -2.37. The van der Waals surface area contributed by atoms with Crippen LogP contribution in [0.25, 0.3) is 0 Å². The lowest BCUT2D eigenvalue weighted by Gasteiger charge is -2.13. The van der Waals surface area contributed by atoms with Crippen molar-refractivity contribution in [2.45, 2.75) is 89.9 Å². The lowest BCUT2D eigenvalue weighted by atomic mass is 10.0. The molecule has 0 radical (unpaired) electrons. The van der Waals surface area contributed by atoms with E-state index in [9.17, 15) is 14.4 Å². The number of fused-ring (bicyclic) bond motifs is 1. The van der Waals surface area contributed by atoms with E-state index in [0.29, 0.717) is 29.8 Å². The second-order valence-corrected chi connectivity index (χ2v) is 8.27. The first-order chi connectivity index (χ1) is 14.5. The number of hydrogen-bond acceptors (Lipinski definition) is 4. The number of aliphatic carboxylic acids is 1. The van der Waals surface area contributed by atoms with Crippen molar-refractivity contribution < 1.29 is 19.5 Å². The summed E-state index contributed by atoms with van der Waals surface area (Å²) in [6.45, 7) is 0.470. The Balaban J connectivity index is 1.42. The molecule has 30 heavy (non-hydrogen) atoms. The summed E-state index contributed by atoms with van der Waals surface area (Å²) >= 11 is 0. The van der Waals surface area contributed by atoms with Crippen LogP contribution >= 0.6 is 0 Å². The zero-order chi connectivity index (χ0) is 21.8. The van der Waals surface area contributed by atoms with E-state index >= 15 is 0 Å². The van der Waals surface area contributed by atoms with Crippen LogP contribution in [0.3, 0.4) is 0 Å². The summed E-state index contributed by atoms with van der Waals surface area (Å²) in [5.74, 6) is -1.16. The molecule has 0 spiro atoms. The number of unbranched alkanes of at least 4 members (excludes halogenated alkanes) is 12. The number of carbonyl (C=O) groups excluding carboxylic acids is 2. The van der Waals surface area contributed by atoms with E-state index in [2.05, 4.69) is 0 Å². The molecule has 0 unspecified atom stereocenters. The highest BCUT2D eigenvalue weighted by molar-refractivity contribution is 6.23. The van der Waals surface area contributed by atoms with E-state index in [1.165, 1.54) is 49.8 Å². The molecule has 0 fully saturated rings. The van der Waals surface area contributed by atoms with Crippen molar-refractivity contribution in [3.8, 4) is 0 Å². The van der Waals surface area contributed by atoms with Gasteiger partial charge in [-0.2, -0.15) is 0 Å². The number of nitrogens with two attached hydrogens (primary N) is 1. The van der Waals surface area contributed by atoms with Crippen LogP contribution in [0.15, 0.2) is 18.2 Å². The number of amides is 2. The van der Waals surface area contributed by atoms with Gasteiger partial charge in [0.05, 0.1) is 11.1 Å². The van der Waals surface area contributed by atoms with Crippen LogP contribution in [0.4, 0.5) is 5.69 Å². The lowest BCUT2D eigenvalue weighted by Crippen LogP contribution is -2.30. The van der Waals surface area contributed by atoms with Crippen molar-refractivity contribution >= 4 is 23.5 Å². The maximum atomic E-state index is 12.4. The average molecular weight is 417 g/mol. The fraction of sp³-hybridized carbons (Fsp3) is 0.625. The Morgan fingerprint density at radius 1 is 0.767 bits per heavy atom. The molecule has 0 bridgehead atoms. The second kappa shape index (κ2) is 13.0. The third-order valence-electron chi connectivity index (χ3n) is 5.80. The molecule has 0 saturated carbocycles. The number of imide groups is 1. The molecule has 1 aromatic rings. The van der Waals surface area contributed by atoms with Crippen LogP contribution in [0, 0.1) is 0 Å². The molecule has 1 heterocycles. The van der Waals surface area contributed by atoms with Gasteiger partial charge in [0.2, 0.25) is 0 Å². The Labute approximate surface area is 179 Å². The standard InChI is InChI=1S/C24H36N2O4/c25-20-16-14-15-19-22(20)24(30)26(23(19)29)18-13-11-9-7-5-3-1-2-4-6-8-10-12-17-21(27)28/h14-16H,1-13,17-18,25H2,(H,27,28). The molecule has 0 atom stereocenters. The predicted octanol–water partition coefficient (Wildman–Crippen LogP) is 5.41. The number of hydrogen-bond donors (Lipinski definition) is 2. The maximum Gasteiger partial charge on any atom is 0.303 e. The highest BCUT2D eigenvalue weighted by atomic mass is 16.4. The van der Waals surface area contributed by atoms with Gasteiger partial charge in [0, 0.05) is 18.7 Å². The van der Waals surface area contributed by atoms with Gasteiger partial charge in [0.15, 0.2) is 0 Å². The molecular formula is C24H36N2O4. The highest BCUT2D eigenvalue weighted by Gasteiger charge is 2.36. The highest BCUT2D eigenvalue weighted by Crippen LogP contribution is 2.27. The van der Waals surface area contributed by atoms with Gasteiger partial charge < -0.3 is 10.8 Å². The lowest BCUT2D eigenvalue weighted by molar-refractivity contribution is -0.137. The van der Waals surface area contributed by atoms with Crippen LogP contribution in [0.1, 0.15) is 111 Å². The first-order valence-corrected chi connectivity index (χ1v) is 11.5. The SMILES string of the molecule is Nc1cccc2c1C(=O)N(CCCCCCCCCCCCCCCC(=O)O)C2=O. The number of nitrogens with zero attached hydrogens (tertiary/aromatic N) is 1. The van der Waals surface area contributed by atoms with E-state index in [1.54, 1.807) is 18.2 Å². The summed E-state index contributed by atoms with van der Waals surface area (Å²) in [5, 5.41) is 8.58. The molecule has 2 amide bonds. The van der Waals surface area contributed by atoms with Crippen molar-refractivity contribution in [1.29, 1.82) is 0 Å². The second-order valence-electron chi connectivity index (χ2n) is 8.27. The number of carbonyl (C=O) groups is 3. The summed E-state index contributed by atoms with van der Waals surface area (Å²) in [7, 11) is 0. The molecule has 166 valence electrons. The average Bonchev–Trinajstić information content (AvgIpc) is 2.96. The molecular weight excluding hydrogens is 380 g/mol. The van der Waals surface area contributed by atoms with Gasteiger partial charge in [-0.3, -0.25) is 19.3 Å². The van der Waals surface area contributed by atoms with Gasteiger partial charge in [-0.05, 0) is 25.0 Å². The number of benzene rings is 1. The van der Waals surface area contributed by atoms with Crippen molar-refractivity contribution in [3.63, 3.8) is 0 Å². The number of anilines is 1. The van der Waals surface area contributed by atoms with Crippen molar-refractivity contribution in [2.75, 3.05) is 12.3 Å². The van der Waals surface area contributed by atoms with Crippen LogP contribution in [0.2, 0.25) is 0 Å². The number of nitrogen functional groups attached to an aromatic ring is 1. The van der Waals surface area contributed by atoms with Gasteiger partial charge in [-0.15, -0.1) is 0 Å². The minimum absolute atomic E-state index is 0.218. The minimum Gasteiger partial charge on any atom is -0.481 e. The molecule has 0 saturated heterocycles. The zero-order valence-electron chi connectivity index (χ0n) is 18.0. The van der Waals surface area contributed by atoms with Gasteiger partial charge in [0.25, 0.3) is 11.8 Å². The van der Waals surface area contributed by atoms with Crippen LogP contribution in [-0.4, -0.2) is 34.3 Å². The van der Waals surface area contributed by atoms with E-state index in [-0.39, 0.29) is 11.8 Å². The topological polar surface area (TPSA) is 101 Å². The first kappa shape index (κ1) is 23.9. The Bertz CT molecular complexity index is 717. The third kappa shape index (κ3) is 7.47. The Morgan fingerprint density at radius 2 is 1.27 bits per heavy atom. The summed E-state index contributed by atoms with van der Waals surface area (Å²) in [5.41, 5.74) is 7.03. The molecule has 2 rings (SSSR count). The minimum atomic E-state index is -0.691. The van der Waals surface area contributed by atoms with Gasteiger partial charge in [0.1, 0.15) is 0 Å². The number of carboxylic acids is 1. The van der Waals surface area contributed by atoms with E-state index in [0.717, 1.165) is 38.5 Å². The fourth-order valence-corrected chi connectivity index (χ4v) is 4.05. The van der Waals surface area contributed by atoms with Crippen LogP contribution in [0.5, 0.6) is 0 Å². The fourth-order valence-electron chi connectivity index (χ4n) is 4.05. The normalized spacial score (nSPS) is 13.1.